The van der Waals surface area contributed by atoms with Crippen LogP contribution in [0.4, 0.5) is 5.69 Å². The summed E-state index contributed by atoms with van der Waals surface area (Å²) >= 11 is 5.89. The number of hydrogen-bond donors (Lipinski definition) is 1. The Morgan fingerprint density at radius 2 is 2.11 bits per heavy atom. The summed E-state index contributed by atoms with van der Waals surface area (Å²) in [7, 11) is 0. The van der Waals surface area contributed by atoms with E-state index in [0.717, 1.165) is 29.6 Å². The fourth-order valence-electron chi connectivity index (χ4n) is 1.56. The maximum atomic E-state index is 5.89. The molecule has 0 fully saturated rings. The Labute approximate surface area is 124 Å². The van der Waals surface area contributed by atoms with Crippen LogP contribution in [-0.4, -0.2) is 16.1 Å². The normalized spacial score (nSPS) is 9.22. The number of hydrogen-bond acceptors (Lipinski definition) is 2. The molecule has 1 heterocycles. The average Bonchev–Trinajstić information content (AvgIpc) is 2.65. The monoisotopic (exact) mass is 307 g/mol. The molecule has 3 nitrogen and oxygen atoms in total. The van der Waals surface area contributed by atoms with Crippen molar-refractivity contribution < 1.29 is 0 Å². The molecule has 100 valence electrons. The van der Waals surface area contributed by atoms with E-state index in [1.807, 2.05) is 43.6 Å². The van der Waals surface area contributed by atoms with Crippen molar-refractivity contribution in [1.29, 1.82) is 0 Å². The van der Waals surface area contributed by atoms with Crippen LogP contribution in [0, 0.1) is 6.92 Å². The lowest BCUT2D eigenvalue weighted by atomic mass is 10.3. The van der Waals surface area contributed by atoms with Crippen LogP contribution in [0.15, 0.2) is 36.7 Å². The Bertz CT molecular complexity index is 471. The average molecular weight is 309 g/mol. The van der Waals surface area contributed by atoms with Gasteiger partial charge in [0.2, 0.25) is 0 Å². The minimum absolute atomic E-state index is 0. The van der Waals surface area contributed by atoms with E-state index in [1.54, 1.807) is 0 Å². The summed E-state index contributed by atoms with van der Waals surface area (Å²) in [4.78, 5) is 4.17. The van der Waals surface area contributed by atoms with Crippen molar-refractivity contribution in [2.45, 2.75) is 13.5 Å². The molecule has 1 aromatic heterocycles. The minimum atomic E-state index is 0. The van der Waals surface area contributed by atoms with Crippen LogP contribution in [0.1, 0.15) is 5.82 Å². The number of imidazole rings is 1. The minimum Gasteiger partial charge on any atom is -0.383 e. The molecule has 2 aromatic rings. The summed E-state index contributed by atoms with van der Waals surface area (Å²) in [5.41, 5.74) is 1.05. The molecule has 6 heteroatoms. The zero-order valence-corrected chi connectivity index (χ0v) is 12.4. The molecule has 1 N–H and O–H groups in total. The SMILES string of the molecule is Cc1nccn1CCNc1cccc(Cl)c1.Cl.Cl. The smallest absolute Gasteiger partial charge is 0.105 e. The second-order valence-corrected chi connectivity index (χ2v) is 4.04. The third-order valence-corrected chi connectivity index (χ3v) is 2.67. The molecule has 0 unspecified atom stereocenters. The van der Waals surface area contributed by atoms with E-state index in [1.165, 1.54) is 0 Å². The predicted molar refractivity (Wildman–Crippen MR) is 81.4 cm³/mol. The van der Waals surface area contributed by atoms with E-state index >= 15 is 0 Å². The number of anilines is 1. The second kappa shape index (κ2) is 8.25. The van der Waals surface area contributed by atoms with Crippen LogP contribution in [0.25, 0.3) is 0 Å². The highest BCUT2D eigenvalue weighted by atomic mass is 35.5. The van der Waals surface area contributed by atoms with Gasteiger partial charge in [-0.1, -0.05) is 17.7 Å². The first-order valence-corrected chi connectivity index (χ1v) is 5.61. The Morgan fingerprint density at radius 1 is 1.33 bits per heavy atom. The number of nitrogens with one attached hydrogen (secondary N) is 1. The van der Waals surface area contributed by atoms with Crippen molar-refractivity contribution in [1.82, 2.24) is 9.55 Å². The molecular weight excluding hydrogens is 293 g/mol. The van der Waals surface area contributed by atoms with E-state index in [2.05, 4.69) is 14.9 Å². The standard InChI is InChI=1S/C12H14ClN3.2ClH/c1-10-14-5-7-16(10)8-6-15-12-4-2-3-11(13)9-12;;/h2-5,7,9,15H,6,8H2,1H3;2*1H. The van der Waals surface area contributed by atoms with E-state index in [-0.39, 0.29) is 24.8 Å². The first-order chi connectivity index (χ1) is 7.75. The highest BCUT2D eigenvalue weighted by Gasteiger charge is 1.96. The van der Waals surface area contributed by atoms with Gasteiger partial charge < -0.3 is 9.88 Å². The quantitative estimate of drug-likeness (QED) is 0.931. The molecule has 0 aliphatic rings. The fraction of sp³-hybridized carbons (Fsp3) is 0.250. The molecule has 18 heavy (non-hydrogen) atoms. The molecule has 0 amide bonds. The van der Waals surface area contributed by atoms with Gasteiger partial charge in [-0.3, -0.25) is 0 Å². The highest BCUT2D eigenvalue weighted by molar-refractivity contribution is 6.30. The summed E-state index contributed by atoms with van der Waals surface area (Å²) < 4.78 is 2.11. The zero-order valence-electron chi connectivity index (χ0n) is 9.97. The van der Waals surface area contributed by atoms with Crippen LogP contribution in [0.3, 0.4) is 0 Å². The highest BCUT2D eigenvalue weighted by Crippen LogP contribution is 2.14. The Kier molecular flexibility index (Phi) is 7.83. The Balaban J connectivity index is 0.00000144. The van der Waals surface area contributed by atoms with E-state index < -0.39 is 0 Å². The second-order valence-electron chi connectivity index (χ2n) is 3.60. The van der Waals surface area contributed by atoms with Crippen molar-refractivity contribution in [2.24, 2.45) is 0 Å². The maximum Gasteiger partial charge on any atom is 0.105 e. The van der Waals surface area contributed by atoms with E-state index in [4.69, 9.17) is 11.6 Å². The van der Waals surface area contributed by atoms with Gasteiger partial charge in [0.1, 0.15) is 5.82 Å². The van der Waals surface area contributed by atoms with Crippen molar-refractivity contribution >= 4 is 42.1 Å². The molecule has 0 atom stereocenters. The number of nitrogens with zero attached hydrogens (tertiary/aromatic N) is 2. The van der Waals surface area contributed by atoms with E-state index in [9.17, 15) is 0 Å². The first-order valence-electron chi connectivity index (χ1n) is 5.23. The molecule has 0 saturated heterocycles. The number of halogens is 3. The van der Waals surface area contributed by atoms with Gasteiger partial charge in [-0.25, -0.2) is 4.98 Å². The summed E-state index contributed by atoms with van der Waals surface area (Å²) in [5, 5.41) is 4.07. The van der Waals surface area contributed by atoms with Gasteiger partial charge in [0.25, 0.3) is 0 Å². The van der Waals surface area contributed by atoms with Crippen LogP contribution >= 0.6 is 36.4 Å². The number of aromatic nitrogens is 2. The van der Waals surface area contributed by atoms with Crippen molar-refractivity contribution in [2.75, 3.05) is 11.9 Å². The Hall–Kier alpha value is -0.900. The first kappa shape index (κ1) is 17.1. The molecule has 0 spiro atoms. The van der Waals surface area contributed by atoms with Crippen LogP contribution in [-0.2, 0) is 6.54 Å². The van der Waals surface area contributed by atoms with Gasteiger partial charge in [-0.15, -0.1) is 24.8 Å². The topological polar surface area (TPSA) is 29.9 Å². The predicted octanol–water partition coefficient (Wildman–Crippen LogP) is 3.80. The lowest BCUT2D eigenvalue weighted by Crippen LogP contribution is -2.10. The van der Waals surface area contributed by atoms with Gasteiger partial charge in [0.05, 0.1) is 0 Å². The number of aryl methyl sites for hydroxylation is 1. The van der Waals surface area contributed by atoms with Gasteiger partial charge in [0.15, 0.2) is 0 Å². The molecule has 1 aromatic carbocycles. The zero-order chi connectivity index (χ0) is 11.4. The Morgan fingerprint density at radius 3 is 2.72 bits per heavy atom. The van der Waals surface area contributed by atoms with Crippen molar-refractivity contribution in [3.05, 3.63) is 47.5 Å². The molecular formula is C12H16Cl3N3. The van der Waals surface area contributed by atoms with Gasteiger partial charge in [0, 0.05) is 36.2 Å². The summed E-state index contributed by atoms with van der Waals surface area (Å²) in [6, 6.07) is 7.73. The maximum absolute atomic E-state index is 5.89. The third-order valence-electron chi connectivity index (χ3n) is 2.43. The molecule has 0 bridgehead atoms. The largest absolute Gasteiger partial charge is 0.383 e. The summed E-state index contributed by atoms with van der Waals surface area (Å²) in [6.07, 6.45) is 3.80. The van der Waals surface area contributed by atoms with Crippen molar-refractivity contribution in [3.63, 3.8) is 0 Å². The molecule has 0 radical (unpaired) electrons. The summed E-state index contributed by atoms with van der Waals surface area (Å²) in [6.45, 7) is 3.76. The number of benzene rings is 1. The van der Waals surface area contributed by atoms with Gasteiger partial charge in [-0.05, 0) is 25.1 Å². The lowest BCUT2D eigenvalue weighted by Gasteiger charge is -2.08. The van der Waals surface area contributed by atoms with Gasteiger partial charge in [-0.2, -0.15) is 0 Å². The van der Waals surface area contributed by atoms with Crippen molar-refractivity contribution in [3.8, 4) is 0 Å². The lowest BCUT2D eigenvalue weighted by molar-refractivity contribution is 0.701. The summed E-state index contributed by atoms with van der Waals surface area (Å²) in [5.74, 6) is 1.04. The number of rotatable bonds is 4. The molecule has 0 aliphatic carbocycles. The van der Waals surface area contributed by atoms with E-state index in [0.29, 0.717) is 0 Å². The molecule has 0 saturated carbocycles. The van der Waals surface area contributed by atoms with Gasteiger partial charge >= 0.3 is 0 Å². The van der Waals surface area contributed by atoms with Crippen LogP contribution in [0.2, 0.25) is 5.02 Å². The molecule has 2 rings (SSSR count). The van der Waals surface area contributed by atoms with Crippen LogP contribution in [0.5, 0.6) is 0 Å². The fourth-order valence-corrected chi connectivity index (χ4v) is 1.75. The third kappa shape index (κ3) is 4.77. The van der Waals surface area contributed by atoms with Crippen LogP contribution < -0.4 is 5.32 Å². The molecule has 0 aliphatic heterocycles.